The van der Waals surface area contributed by atoms with E-state index in [0.29, 0.717) is 5.15 Å². The molecule has 0 unspecified atom stereocenters. The molecule has 23 heavy (non-hydrogen) atoms. The van der Waals surface area contributed by atoms with Gasteiger partial charge < -0.3 is 4.74 Å². The quantitative estimate of drug-likeness (QED) is 0.600. The van der Waals surface area contributed by atoms with Gasteiger partial charge in [0, 0.05) is 18.1 Å². The fraction of sp³-hybridized carbons (Fsp3) is 0.375. The summed E-state index contributed by atoms with van der Waals surface area (Å²) in [6.07, 6.45) is 3.94. The first kappa shape index (κ1) is 16.3. The first-order valence-electron chi connectivity index (χ1n) is 7.47. The van der Waals surface area contributed by atoms with Crippen LogP contribution in [0.25, 0.3) is 5.69 Å². The molecule has 0 saturated heterocycles. The molecule has 0 spiro atoms. The van der Waals surface area contributed by atoms with E-state index in [9.17, 15) is 9.18 Å². The Balaban J connectivity index is 2.07. The van der Waals surface area contributed by atoms with Crippen molar-refractivity contribution in [1.82, 2.24) is 9.78 Å². The van der Waals surface area contributed by atoms with Crippen LogP contribution >= 0.6 is 23.2 Å². The van der Waals surface area contributed by atoms with Gasteiger partial charge in [-0.25, -0.2) is 9.07 Å². The van der Waals surface area contributed by atoms with Crippen LogP contribution in [0.1, 0.15) is 37.4 Å². The number of ether oxygens (including phenoxy) is 1. The molecule has 0 saturated carbocycles. The molecule has 2 aromatic rings. The maximum Gasteiger partial charge on any atom is 0.310 e. The number of esters is 1. The number of nitrogens with zero attached hydrogens (tertiary/aromatic N) is 2. The van der Waals surface area contributed by atoms with Crippen molar-refractivity contribution in [3.63, 3.8) is 0 Å². The van der Waals surface area contributed by atoms with Crippen molar-refractivity contribution in [3.8, 4) is 11.4 Å². The Kier molecular flexibility index (Phi) is 4.60. The van der Waals surface area contributed by atoms with Crippen molar-refractivity contribution in [1.29, 1.82) is 0 Å². The second-order valence-corrected chi connectivity index (χ2v) is 6.16. The number of halogens is 3. The third-order valence-corrected chi connectivity index (χ3v) is 4.52. The topological polar surface area (TPSA) is 44.1 Å². The smallest absolute Gasteiger partial charge is 0.310 e. The van der Waals surface area contributed by atoms with Crippen LogP contribution in [0.3, 0.4) is 0 Å². The van der Waals surface area contributed by atoms with Crippen LogP contribution in [0.15, 0.2) is 12.1 Å². The molecule has 0 bridgehead atoms. The molecule has 1 aromatic heterocycles. The van der Waals surface area contributed by atoms with Crippen LogP contribution in [0.5, 0.6) is 5.75 Å². The van der Waals surface area contributed by atoms with E-state index in [1.807, 2.05) is 0 Å². The Hall–Kier alpha value is -1.59. The lowest BCUT2D eigenvalue weighted by Gasteiger charge is -2.10. The highest BCUT2D eigenvalue weighted by Crippen LogP contribution is 2.34. The van der Waals surface area contributed by atoms with E-state index in [-0.39, 0.29) is 22.9 Å². The third kappa shape index (κ3) is 3.08. The summed E-state index contributed by atoms with van der Waals surface area (Å²) in [6.45, 7) is 1.67. The summed E-state index contributed by atoms with van der Waals surface area (Å²) < 4.78 is 20.8. The van der Waals surface area contributed by atoms with Gasteiger partial charge in [-0.05, 0) is 31.7 Å². The highest BCUT2D eigenvalue weighted by molar-refractivity contribution is 6.32. The summed E-state index contributed by atoms with van der Waals surface area (Å²) in [5.41, 5.74) is 1.97. The molecule has 122 valence electrons. The van der Waals surface area contributed by atoms with E-state index in [1.54, 1.807) is 6.92 Å². The van der Waals surface area contributed by atoms with Gasteiger partial charge >= 0.3 is 5.97 Å². The summed E-state index contributed by atoms with van der Waals surface area (Å²) in [5.74, 6) is -0.928. The Morgan fingerprint density at radius 3 is 2.78 bits per heavy atom. The normalized spacial score (nSPS) is 13.7. The molecule has 0 fully saturated rings. The second kappa shape index (κ2) is 6.49. The largest absolute Gasteiger partial charge is 0.425 e. The molecule has 1 aromatic carbocycles. The van der Waals surface area contributed by atoms with Crippen molar-refractivity contribution in [2.24, 2.45) is 0 Å². The summed E-state index contributed by atoms with van der Waals surface area (Å²) >= 11 is 12.3. The van der Waals surface area contributed by atoms with Crippen LogP contribution in [0, 0.1) is 5.82 Å². The number of carbonyl (C=O) groups excluding carboxylic acids is 1. The van der Waals surface area contributed by atoms with Crippen molar-refractivity contribution in [3.05, 3.63) is 39.4 Å². The molecular formula is C16H15Cl2FN2O2. The van der Waals surface area contributed by atoms with Gasteiger partial charge in [0.2, 0.25) is 0 Å². The maximum atomic E-state index is 14.3. The average molecular weight is 357 g/mol. The molecule has 0 aliphatic heterocycles. The van der Waals surface area contributed by atoms with Crippen molar-refractivity contribution in [2.75, 3.05) is 0 Å². The summed E-state index contributed by atoms with van der Waals surface area (Å²) in [4.78, 5) is 11.5. The fourth-order valence-corrected chi connectivity index (χ4v) is 3.15. The van der Waals surface area contributed by atoms with E-state index in [2.05, 4.69) is 5.10 Å². The summed E-state index contributed by atoms with van der Waals surface area (Å²) in [5, 5.41) is 4.84. The van der Waals surface area contributed by atoms with E-state index in [1.165, 1.54) is 10.7 Å². The first-order valence-corrected chi connectivity index (χ1v) is 8.23. The molecule has 1 aliphatic carbocycles. The van der Waals surface area contributed by atoms with E-state index >= 15 is 0 Å². The monoisotopic (exact) mass is 356 g/mol. The second-order valence-electron chi connectivity index (χ2n) is 5.40. The predicted molar refractivity (Wildman–Crippen MR) is 86.1 cm³/mol. The van der Waals surface area contributed by atoms with Gasteiger partial charge in [-0.1, -0.05) is 30.1 Å². The zero-order valence-electron chi connectivity index (χ0n) is 12.5. The minimum atomic E-state index is -0.576. The molecule has 0 radical (unpaired) electrons. The van der Waals surface area contributed by atoms with Crippen LogP contribution < -0.4 is 4.74 Å². The van der Waals surface area contributed by atoms with Crippen LogP contribution in [-0.2, 0) is 17.6 Å². The fourth-order valence-electron chi connectivity index (χ4n) is 2.63. The lowest BCUT2D eigenvalue weighted by Crippen LogP contribution is -2.08. The number of rotatable bonds is 3. The Morgan fingerprint density at radius 2 is 2.09 bits per heavy atom. The lowest BCUT2D eigenvalue weighted by atomic mass is 9.99. The SMILES string of the molecule is CCC(=O)Oc1cc(-n2nc3c(c2Cl)CCCC3)c(F)cc1Cl. The summed E-state index contributed by atoms with van der Waals surface area (Å²) in [6, 6.07) is 2.46. The van der Waals surface area contributed by atoms with Gasteiger partial charge in [0.25, 0.3) is 0 Å². The third-order valence-electron chi connectivity index (χ3n) is 3.84. The minimum Gasteiger partial charge on any atom is -0.425 e. The van der Waals surface area contributed by atoms with Crippen molar-refractivity contribution >= 4 is 29.2 Å². The zero-order valence-corrected chi connectivity index (χ0v) is 14.0. The Labute approximate surface area is 143 Å². The minimum absolute atomic E-state index is 0.0288. The van der Waals surface area contributed by atoms with Crippen LogP contribution in [0.2, 0.25) is 10.2 Å². The highest BCUT2D eigenvalue weighted by Gasteiger charge is 2.23. The van der Waals surface area contributed by atoms with Crippen molar-refractivity contribution < 1.29 is 13.9 Å². The van der Waals surface area contributed by atoms with E-state index in [0.717, 1.165) is 43.0 Å². The summed E-state index contributed by atoms with van der Waals surface area (Å²) in [7, 11) is 0. The molecule has 1 aliphatic rings. The molecule has 7 heteroatoms. The number of benzene rings is 1. The molecule has 3 rings (SSSR count). The molecular weight excluding hydrogens is 342 g/mol. The number of aromatic nitrogens is 2. The molecule has 4 nitrogen and oxygen atoms in total. The molecule has 0 amide bonds. The van der Waals surface area contributed by atoms with E-state index in [4.69, 9.17) is 27.9 Å². The van der Waals surface area contributed by atoms with Crippen molar-refractivity contribution in [2.45, 2.75) is 39.0 Å². The van der Waals surface area contributed by atoms with Gasteiger partial charge in [0.15, 0.2) is 11.6 Å². The standard InChI is InChI=1S/C16H15Cl2FN2O2/c1-2-15(22)23-14-8-13(11(19)7-10(14)17)21-16(18)9-5-3-4-6-12(9)20-21/h7-8H,2-6H2,1H3. The average Bonchev–Trinajstić information content (AvgIpc) is 2.87. The van der Waals surface area contributed by atoms with E-state index < -0.39 is 11.8 Å². The number of carbonyl (C=O) groups is 1. The number of fused-ring (bicyclic) bond motifs is 1. The highest BCUT2D eigenvalue weighted by atomic mass is 35.5. The maximum absolute atomic E-state index is 14.3. The van der Waals surface area contributed by atoms with Gasteiger partial charge in [-0.2, -0.15) is 5.10 Å². The molecule has 0 atom stereocenters. The van der Waals surface area contributed by atoms with Crippen LogP contribution in [0.4, 0.5) is 4.39 Å². The molecule has 1 heterocycles. The Morgan fingerprint density at radius 1 is 1.35 bits per heavy atom. The lowest BCUT2D eigenvalue weighted by molar-refractivity contribution is -0.134. The zero-order chi connectivity index (χ0) is 16.6. The Bertz CT molecular complexity index is 774. The van der Waals surface area contributed by atoms with Gasteiger partial charge in [-0.3, -0.25) is 4.79 Å². The van der Waals surface area contributed by atoms with Gasteiger partial charge in [0.1, 0.15) is 10.8 Å². The van der Waals surface area contributed by atoms with Gasteiger partial charge in [-0.15, -0.1) is 0 Å². The first-order chi connectivity index (χ1) is 11.0. The molecule has 0 N–H and O–H groups in total. The number of hydrogen-bond donors (Lipinski definition) is 0. The predicted octanol–water partition coefficient (Wildman–Crippen LogP) is 4.51. The number of aryl methyl sites for hydroxylation is 1. The number of hydrogen-bond acceptors (Lipinski definition) is 3. The van der Waals surface area contributed by atoms with Gasteiger partial charge in [0.05, 0.1) is 10.7 Å². The van der Waals surface area contributed by atoms with Crippen LogP contribution in [-0.4, -0.2) is 15.7 Å².